The summed E-state index contributed by atoms with van der Waals surface area (Å²) in [6.07, 6.45) is 1.00. The Morgan fingerprint density at radius 1 is 1.06 bits per heavy atom. The summed E-state index contributed by atoms with van der Waals surface area (Å²) in [6.45, 7) is 7.16. The molecule has 98 valence electrons. The molecule has 0 saturated heterocycles. The van der Waals surface area contributed by atoms with Gasteiger partial charge in [0.1, 0.15) is 0 Å². The molecule has 0 amide bonds. The number of hydrogen-bond acceptors (Lipinski definition) is 5. The fourth-order valence-electron chi connectivity index (χ4n) is 1.62. The maximum Gasteiger partial charge on any atom is 0.500 e. The Kier molecular flexibility index (Phi) is 9.10. The molecule has 0 radical (unpaired) electrons. The minimum atomic E-state index is -2.37. The molecule has 0 aliphatic rings. The quantitative estimate of drug-likeness (QED) is 0.464. The average Bonchev–Trinajstić information content (AvgIpc) is 2.34. The van der Waals surface area contributed by atoms with Gasteiger partial charge in [0.2, 0.25) is 0 Å². The van der Waals surface area contributed by atoms with Crippen molar-refractivity contribution in [2.75, 3.05) is 41.0 Å². The molecule has 0 aliphatic heterocycles. The molecule has 0 rings (SSSR count). The number of rotatable bonds is 10. The minimum absolute atomic E-state index is 0.846. The van der Waals surface area contributed by atoms with Gasteiger partial charge < -0.3 is 13.3 Å². The summed E-state index contributed by atoms with van der Waals surface area (Å²) in [5, 5.41) is 2.19. The maximum absolute atomic E-state index is 5.37. The second-order valence-corrected chi connectivity index (χ2v) is 6.58. The fraction of sp³-hybridized carbons (Fsp3) is 1.00. The van der Waals surface area contributed by atoms with Crippen molar-refractivity contribution in [1.82, 2.24) is 10.4 Å². The topological polar surface area (TPSA) is 43.0 Å². The molecule has 1 N–H and O–H groups in total. The first-order valence-corrected chi connectivity index (χ1v) is 7.75. The van der Waals surface area contributed by atoms with Crippen LogP contribution in [0.1, 0.15) is 20.3 Å². The molecule has 0 atom stereocenters. The van der Waals surface area contributed by atoms with E-state index in [-0.39, 0.29) is 0 Å². The van der Waals surface area contributed by atoms with E-state index < -0.39 is 8.80 Å². The zero-order valence-corrected chi connectivity index (χ0v) is 12.2. The van der Waals surface area contributed by atoms with Crippen molar-refractivity contribution in [3.8, 4) is 0 Å². The van der Waals surface area contributed by atoms with E-state index in [2.05, 4.69) is 24.3 Å². The molecule has 0 unspecified atom stereocenters. The smallest absolute Gasteiger partial charge is 0.377 e. The second-order valence-electron chi connectivity index (χ2n) is 3.49. The highest BCUT2D eigenvalue weighted by atomic mass is 28.4. The third-order valence-electron chi connectivity index (χ3n) is 2.61. The Morgan fingerprint density at radius 2 is 1.62 bits per heavy atom. The van der Waals surface area contributed by atoms with Crippen molar-refractivity contribution in [2.24, 2.45) is 0 Å². The number of nitrogens with zero attached hydrogens (tertiary/aromatic N) is 1. The summed E-state index contributed by atoms with van der Waals surface area (Å²) >= 11 is 0. The van der Waals surface area contributed by atoms with Gasteiger partial charge >= 0.3 is 8.80 Å². The van der Waals surface area contributed by atoms with Crippen LogP contribution >= 0.6 is 0 Å². The summed E-state index contributed by atoms with van der Waals surface area (Å²) in [7, 11) is 2.59. The zero-order chi connectivity index (χ0) is 12.4. The highest BCUT2D eigenvalue weighted by Gasteiger charge is 2.36. The Bertz CT molecular complexity index is 160. The summed E-state index contributed by atoms with van der Waals surface area (Å²) in [5.74, 6) is 0. The predicted octanol–water partition coefficient (Wildman–Crippen LogP) is 1.10. The van der Waals surface area contributed by atoms with Crippen LogP contribution in [-0.2, 0) is 13.3 Å². The number of hydrogen-bond donors (Lipinski definition) is 1. The molecule has 0 heterocycles. The minimum Gasteiger partial charge on any atom is -0.377 e. The molecule has 0 aromatic carbocycles. The van der Waals surface area contributed by atoms with Crippen LogP contribution < -0.4 is 5.43 Å². The number of hydrazine groups is 1. The van der Waals surface area contributed by atoms with Crippen molar-refractivity contribution in [2.45, 2.75) is 26.3 Å². The van der Waals surface area contributed by atoms with Crippen molar-refractivity contribution < 1.29 is 13.3 Å². The van der Waals surface area contributed by atoms with Gasteiger partial charge in [0.25, 0.3) is 0 Å². The lowest BCUT2D eigenvalue weighted by Crippen LogP contribution is -2.44. The molecule has 0 spiro atoms. The zero-order valence-electron chi connectivity index (χ0n) is 11.2. The Labute approximate surface area is 100 Å². The van der Waals surface area contributed by atoms with Gasteiger partial charge in [-0.1, -0.05) is 13.8 Å². The molecule has 0 aromatic rings. The van der Waals surface area contributed by atoms with Crippen molar-refractivity contribution in [3.63, 3.8) is 0 Å². The molecule has 5 nitrogen and oxygen atoms in total. The van der Waals surface area contributed by atoms with Gasteiger partial charge in [0.15, 0.2) is 0 Å². The van der Waals surface area contributed by atoms with Crippen molar-refractivity contribution in [3.05, 3.63) is 0 Å². The second kappa shape index (κ2) is 9.09. The highest BCUT2D eigenvalue weighted by Crippen LogP contribution is 2.14. The summed E-state index contributed by atoms with van der Waals surface area (Å²) in [5.41, 5.74) is 3.30. The molecule has 0 fully saturated rings. The summed E-state index contributed by atoms with van der Waals surface area (Å²) < 4.78 is 16.1. The standard InChI is InChI=1S/C10H26N2O3Si/c1-6-11-12(7-2)9-8-10-16(13-3,14-4)15-5/h11H,6-10H2,1-5H3. The third-order valence-corrected chi connectivity index (χ3v) is 5.44. The van der Waals surface area contributed by atoms with Gasteiger partial charge in [0.05, 0.1) is 0 Å². The first-order chi connectivity index (χ1) is 7.67. The van der Waals surface area contributed by atoms with Crippen molar-refractivity contribution in [1.29, 1.82) is 0 Å². The fourth-order valence-corrected chi connectivity index (χ4v) is 3.32. The van der Waals surface area contributed by atoms with Crippen LogP contribution in [0.5, 0.6) is 0 Å². The Hall–Kier alpha value is 0.0169. The van der Waals surface area contributed by atoms with Crippen molar-refractivity contribution >= 4 is 8.80 Å². The molecular formula is C10H26N2O3Si. The molecule has 16 heavy (non-hydrogen) atoms. The Balaban J connectivity index is 3.92. The van der Waals surface area contributed by atoms with E-state index in [1.54, 1.807) is 21.3 Å². The van der Waals surface area contributed by atoms with Gasteiger partial charge in [-0.3, -0.25) is 5.43 Å². The van der Waals surface area contributed by atoms with E-state index in [0.29, 0.717) is 0 Å². The van der Waals surface area contributed by atoms with Gasteiger partial charge in [-0.2, -0.15) is 0 Å². The predicted molar refractivity (Wildman–Crippen MR) is 67.1 cm³/mol. The van der Waals surface area contributed by atoms with E-state index in [1.807, 2.05) is 0 Å². The maximum atomic E-state index is 5.37. The van der Waals surface area contributed by atoms with Gasteiger partial charge in [-0.15, -0.1) is 0 Å². The SMILES string of the molecule is CCNN(CC)CCC[Si](OC)(OC)OC. The monoisotopic (exact) mass is 250 g/mol. The molecule has 0 aliphatic carbocycles. The van der Waals surface area contributed by atoms with Crippen LogP contribution in [0.2, 0.25) is 6.04 Å². The normalized spacial score (nSPS) is 12.4. The van der Waals surface area contributed by atoms with Crippen LogP contribution in [0.4, 0.5) is 0 Å². The molecule has 6 heteroatoms. The lowest BCUT2D eigenvalue weighted by molar-refractivity contribution is 0.119. The number of nitrogens with one attached hydrogen (secondary N) is 1. The van der Waals surface area contributed by atoms with Crippen LogP contribution in [0, 0.1) is 0 Å². The van der Waals surface area contributed by atoms with Crippen LogP contribution in [-0.4, -0.2) is 54.8 Å². The van der Waals surface area contributed by atoms with E-state index >= 15 is 0 Å². The molecule has 0 saturated carbocycles. The van der Waals surface area contributed by atoms with Crippen LogP contribution in [0.15, 0.2) is 0 Å². The van der Waals surface area contributed by atoms with E-state index in [1.165, 1.54) is 0 Å². The highest BCUT2D eigenvalue weighted by molar-refractivity contribution is 6.60. The largest absolute Gasteiger partial charge is 0.500 e. The Morgan fingerprint density at radius 3 is 2.00 bits per heavy atom. The lowest BCUT2D eigenvalue weighted by atomic mass is 10.4. The van der Waals surface area contributed by atoms with E-state index in [9.17, 15) is 0 Å². The van der Waals surface area contributed by atoms with E-state index in [0.717, 1.165) is 32.1 Å². The first-order valence-electron chi connectivity index (χ1n) is 5.81. The van der Waals surface area contributed by atoms with Gasteiger partial charge in [-0.05, 0) is 6.42 Å². The third kappa shape index (κ3) is 5.38. The summed E-state index contributed by atoms with van der Waals surface area (Å²) in [6, 6.07) is 0.846. The summed E-state index contributed by atoms with van der Waals surface area (Å²) in [4.78, 5) is 0. The molecule has 0 aromatic heterocycles. The van der Waals surface area contributed by atoms with E-state index in [4.69, 9.17) is 13.3 Å². The van der Waals surface area contributed by atoms with Crippen LogP contribution in [0.25, 0.3) is 0 Å². The lowest BCUT2D eigenvalue weighted by Gasteiger charge is -2.26. The molecular weight excluding hydrogens is 224 g/mol. The van der Waals surface area contributed by atoms with Crippen LogP contribution in [0.3, 0.4) is 0 Å². The van der Waals surface area contributed by atoms with Gasteiger partial charge in [-0.25, -0.2) is 5.01 Å². The average molecular weight is 250 g/mol. The first kappa shape index (κ1) is 16.0. The van der Waals surface area contributed by atoms with Gasteiger partial charge in [0, 0.05) is 47.0 Å². The molecule has 0 bridgehead atoms.